The molecule has 26 heavy (non-hydrogen) atoms. The van der Waals surface area contributed by atoms with Crippen molar-refractivity contribution in [2.75, 3.05) is 12.5 Å². The number of hydrogen-bond donors (Lipinski definition) is 1. The quantitative estimate of drug-likeness (QED) is 0.561. The number of fused-ring (bicyclic) bond motifs is 2. The topological polar surface area (TPSA) is 83.4 Å². The Kier molecular flexibility index (Phi) is 3.20. The van der Waals surface area contributed by atoms with Gasteiger partial charge < -0.3 is 19.7 Å². The van der Waals surface area contributed by atoms with Gasteiger partial charge in [-0.3, -0.25) is 0 Å². The van der Waals surface area contributed by atoms with Gasteiger partial charge >= 0.3 is 0 Å². The van der Waals surface area contributed by atoms with Crippen LogP contribution >= 0.6 is 11.3 Å². The van der Waals surface area contributed by atoms with Gasteiger partial charge in [-0.25, -0.2) is 4.98 Å². The average molecular weight is 365 g/mol. The van der Waals surface area contributed by atoms with Crippen LogP contribution in [-0.4, -0.2) is 16.9 Å². The zero-order chi connectivity index (χ0) is 17.8. The Morgan fingerprint density at radius 2 is 1.92 bits per heavy atom. The molecule has 0 radical (unpaired) electrons. The van der Waals surface area contributed by atoms with E-state index in [0.717, 1.165) is 43.4 Å². The molecule has 6 nitrogen and oxygen atoms in total. The SMILES string of the molecule is Cc1cc(C)c2c(N)c(-c3cc(-c4ccc5c(c4)OCO5)no3)sc2n1. The number of aromatic nitrogens is 2. The second-order valence-electron chi connectivity index (χ2n) is 6.25. The highest BCUT2D eigenvalue weighted by Crippen LogP contribution is 2.43. The fraction of sp³-hybridized carbons (Fsp3) is 0.158. The molecule has 0 fully saturated rings. The Labute approximate surface area is 153 Å². The van der Waals surface area contributed by atoms with E-state index in [-0.39, 0.29) is 6.79 Å². The molecule has 5 rings (SSSR count). The van der Waals surface area contributed by atoms with Gasteiger partial charge in [0.1, 0.15) is 10.5 Å². The van der Waals surface area contributed by atoms with E-state index in [4.69, 9.17) is 19.7 Å². The Bertz CT molecular complexity index is 1160. The second-order valence-corrected chi connectivity index (χ2v) is 7.25. The van der Waals surface area contributed by atoms with Gasteiger partial charge in [0, 0.05) is 22.7 Å². The molecule has 4 heterocycles. The molecular weight excluding hydrogens is 350 g/mol. The summed E-state index contributed by atoms with van der Waals surface area (Å²) in [7, 11) is 0. The highest BCUT2D eigenvalue weighted by Gasteiger charge is 2.20. The van der Waals surface area contributed by atoms with E-state index < -0.39 is 0 Å². The van der Waals surface area contributed by atoms with Gasteiger partial charge in [0.25, 0.3) is 0 Å². The smallest absolute Gasteiger partial charge is 0.231 e. The van der Waals surface area contributed by atoms with Gasteiger partial charge in [-0.2, -0.15) is 0 Å². The average Bonchev–Trinajstić information content (AvgIpc) is 3.32. The molecule has 130 valence electrons. The summed E-state index contributed by atoms with van der Waals surface area (Å²) in [5, 5.41) is 5.18. The number of nitrogens with zero attached hydrogens (tertiary/aromatic N) is 2. The van der Waals surface area contributed by atoms with Crippen LogP contribution in [-0.2, 0) is 0 Å². The van der Waals surface area contributed by atoms with E-state index in [0.29, 0.717) is 17.2 Å². The lowest BCUT2D eigenvalue weighted by Crippen LogP contribution is -1.92. The molecule has 4 aromatic rings. The van der Waals surface area contributed by atoms with Crippen LogP contribution < -0.4 is 15.2 Å². The molecule has 3 aromatic heterocycles. The van der Waals surface area contributed by atoms with Crippen molar-refractivity contribution in [1.29, 1.82) is 0 Å². The van der Waals surface area contributed by atoms with E-state index in [2.05, 4.69) is 10.1 Å². The van der Waals surface area contributed by atoms with Crippen LogP contribution in [0.1, 0.15) is 11.3 Å². The highest BCUT2D eigenvalue weighted by atomic mass is 32.1. The largest absolute Gasteiger partial charge is 0.454 e. The Hall–Kier alpha value is -3.06. The first-order valence-corrected chi connectivity index (χ1v) is 8.95. The molecule has 7 heteroatoms. The van der Waals surface area contributed by atoms with Crippen molar-refractivity contribution in [2.24, 2.45) is 0 Å². The maximum Gasteiger partial charge on any atom is 0.231 e. The van der Waals surface area contributed by atoms with Gasteiger partial charge in [0.2, 0.25) is 6.79 Å². The third kappa shape index (κ3) is 2.24. The van der Waals surface area contributed by atoms with Gasteiger partial charge in [0.05, 0.1) is 10.6 Å². The molecule has 1 aliphatic rings. The minimum absolute atomic E-state index is 0.243. The Balaban J connectivity index is 1.59. The van der Waals surface area contributed by atoms with Gasteiger partial charge in [-0.15, -0.1) is 11.3 Å². The molecule has 2 N–H and O–H groups in total. The molecule has 1 aromatic carbocycles. The normalized spacial score (nSPS) is 12.8. The van der Waals surface area contributed by atoms with Crippen molar-refractivity contribution < 1.29 is 14.0 Å². The zero-order valence-corrected chi connectivity index (χ0v) is 15.0. The molecule has 1 aliphatic heterocycles. The van der Waals surface area contributed by atoms with E-state index in [1.54, 1.807) is 0 Å². The third-order valence-corrected chi connectivity index (χ3v) is 5.54. The second kappa shape index (κ2) is 5.47. The molecule has 0 spiro atoms. The summed E-state index contributed by atoms with van der Waals surface area (Å²) in [6, 6.07) is 9.62. The number of benzene rings is 1. The number of aryl methyl sites for hydroxylation is 2. The minimum Gasteiger partial charge on any atom is -0.454 e. The van der Waals surface area contributed by atoms with Crippen LogP contribution in [0.3, 0.4) is 0 Å². The predicted molar refractivity (Wildman–Crippen MR) is 101 cm³/mol. The highest BCUT2D eigenvalue weighted by molar-refractivity contribution is 7.22. The van der Waals surface area contributed by atoms with Crippen molar-refractivity contribution in [3.05, 3.63) is 41.6 Å². The van der Waals surface area contributed by atoms with E-state index in [9.17, 15) is 0 Å². The fourth-order valence-corrected chi connectivity index (χ4v) is 4.39. The predicted octanol–water partition coefficient (Wildman–Crippen LogP) is 4.55. The van der Waals surface area contributed by atoms with Crippen LogP contribution in [0.5, 0.6) is 11.5 Å². The maximum atomic E-state index is 6.39. The van der Waals surface area contributed by atoms with Crippen molar-refractivity contribution >= 4 is 27.2 Å². The lowest BCUT2D eigenvalue weighted by Gasteiger charge is -1.99. The van der Waals surface area contributed by atoms with Gasteiger partial charge in [0.15, 0.2) is 17.3 Å². The number of thiophene rings is 1. The molecule has 0 amide bonds. The fourth-order valence-electron chi connectivity index (χ4n) is 3.23. The zero-order valence-electron chi connectivity index (χ0n) is 14.2. The lowest BCUT2D eigenvalue weighted by atomic mass is 10.1. The summed E-state index contributed by atoms with van der Waals surface area (Å²) in [6.07, 6.45) is 0. The number of nitrogen functional groups attached to an aromatic ring is 1. The maximum absolute atomic E-state index is 6.39. The number of rotatable bonds is 2. The monoisotopic (exact) mass is 365 g/mol. The molecular formula is C19H15N3O3S. The summed E-state index contributed by atoms with van der Waals surface area (Å²) in [6.45, 7) is 4.27. The van der Waals surface area contributed by atoms with Crippen LogP contribution in [0.15, 0.2) is 34.9 Å². The van der Waals surface area contributed by atoms with Crippen molar-refractivity contribution in [3.8, 4) is 33.4 Å². The number of nitrogens with two attached hydrogens (primary N) is 1. The van der Waals surface area contributed by atoms with Crippen molar-refractivity contribution in [2.45, 2.75) is 13.8 Å². The molecule has 0 bridgehead atoms. The van der Waals surface area contributed by atoms with Crippen molar-refractivity contribution in [3.63, 3.8) is 0 Å². The number of hydrogen-bond acceptors (Lipinski definition) is 7. The lowest BCUT2D eigenvalue weighted by molar-refractivity contribution is 0.174. The summed E-state index contributed by atoms with van der Waals surface area (Å²) in [4.78, 5) is 6.35. The first kappa shape index (κ1) is 15.2. The minimum atomic E-state index is 0.243. The number of ether oxygens (including phenoxy) is 2. The Morgan fingerprint density at radius 1 is 1.08 bits per heavy atom. The van der Waals surface area contributed by atoms with E-state index >= 15 is 0 Å². The number of pyridine rings is 1. The summed E-state index contributed by atoms with van der Waals surface area (Å²) >= 11 is 1.52. The van der Waals surface area contributed by atoms with Crippen LogP contribution in [0.2, 0.25) is 0 Å². The van der Waals surface area contributed by atoms with E-state index in [1.807, 2.05) is 44.2 Å². The molecule has 0 saturated carbocycles. The summed E-state index contributed by atoms with van der Waals surface area (Å²) in [5.41, 5.74) is 10.8. The Morgan fingerprint density at radius 3 is 2.81 bits per heavy atom. The molecule has 0 unspecified atom stereocenters. The van der Waals surface area contributed by atoms with Crippen LogP contribution in [0, 0.1) is 13.8 Å². The van der Waals surface area contributed by atoms with Gasteiger partial charge in [-0.1, -0.05) is 5.16 Å². The third-order valence-electron chi connectivity index (χ3n) is 4.43. The molecule has 0 aliphatic carbocycles. The standard InChI is InChI=1S/C19H15N3O3S/c1-9-5-10(2)21-19-16(9)17(20)18(26-19)15-7-12(22-25-15)11-3-4-13-14(6-11)24-8-23-13/h3-7H,8,20H2,1-2H3. The molecule has 0 atom stereocenters. The van der Waals surface area contributed by atoms with Crippen LogP contribution in [0.25, 0.3) is 32.1 Å². The summed E-state index contributed by atoms with van der Waals surface area (Å²) in [5.74, 6) is 2.09. The van der Waals surface area contributed by atoms with E-state index in [1.165, 1.54) is 11.3 Å². The number of anilines is 1. The molecule has 0 saturated heterocycles. The summed E-state index contributed by atoms with van der Waals surface area (Å²) < 4.78 is 16.4. The first-order chi connectivity index (χ1) is 12.6. The van der Waals surface area contributed by atoms with Crippen LogP contribution in [0.4, 0.5) is 5.69 Å². The van der Waals surface area contributed by atoms with Crippen molar-refractivity contribution in [1.82, 2.24) is 10.1 Å². The van der Waals surface area contributed by atoms with Gasteiger partial charge in [-0.05, 0) is 43.7 Å². The first-order valence-electron chi connectivity index (χ1n) is 8.13.